The Morgan fingerprint density at radius 3 is 2.61 bits per heavy atom. The fourth-order valence-electron chi connectivity index (χ4n) is 4.24. The monoisotopic (exact) mass is 493 g/mol. The molecule has 3 aromatic rings. The number of nitrogens with zero attached hydrogens (tertiary/aromatic N) is 3. The zero-order valence-corrected chi connectivity index (χ0v) is 21.7. The fraction of sp³-hybridized carbons (Fsp3) is 0.464. The van der Waals surface area contributed by atoms with Gasteiger partial charge in [0.1, 0.15) is 17.4 Å². The molecular formula is C28H35N3O5. The lowest BCUT2D eigenvalue weighted by Gasteiger charge is -2.27. The van der Waals surface area contributed by atoms with Gasteiger partial charge in [0.25, 0.3) is 5.89 Å². The highest BCUT2D eigenvalue weighted by molar-refractivity contribution is 5.69. The van der Waals surface area contributed by atoms with Crippen LogP contribution < -0.4 is 4.74 Å². The molecule has 0 aliphatic carbocycles. The van der Waals surface area contributed by atoms with Gasteiger partial charge in [0.2, 0.25) is 5.82 Å². The molecular weight excluding hydrogens is 458 g/mol. The highest BCUT2D eigenvalue weighted by Crippen LogP contribution is 2.34. The van der Waals surface area contributed by atoms with Gasteiger partial charge in [0.05, 0.1) is 12.7 Å². The van der Waals surface area contributed by atoms with E-state index in [-0.39, 0.29) is 5.89 Å². The first-order chi connectivity index (χ1) is 17.1. The molecule has 0 bridgehead atoms. The van der Waals surface area contributed by atoms with Crippen molar-refractivity contribution in [2.45, 2.75) is 71.6 Å². The largest absolute Gasteiger partial charge is 0.493 e. The van der Waals surface area contributed by atoms with Crippen LogP contribution in [-0.2, 0) is 11.2 Å². The van der Waals surface area contributed by atoms with E-state index in [9.17, 15) is 9.90 Å². The number of likely N-dealkylation sites (tertiary alicyclic amines) is 1. The van der Waals surface area contributed by atoms with E-state index in [0.717, 1.165) is 29.7 Å². The molecule has 2 aromatic carbocycles. The summed E-state index contributed by atoms with van der Waals surface area (Å²) in [5.41, 5.74) is 3.66. The van der Waals surface area contributed by atoms with Crippen molar-refractivity contribution < 1.29 is 23.9 Å². The summed E-state index contributed by atoms with van der Waals surface area (Å²) in [4.78, 5) is 18.6. The Labute approximate surface area is 212 Å². The van der Waals surface area contributed by atoms with Crippen LogP contribution in [0.15, 0.2) is 47.0 Å². The van der Waals surface area contributed by atoms with Crippen molar-refractivity contribution in [2.75, 3.05) is 13.2 Å². The molecule has 1 amide bonds. The molecule has 8 nitrogen and oxygen atoms in total. The van der Waals surface area contributed by atoms with Gasteiger partial charge in [0.15, 0.2) is 0 Å². The van der Waals surface area contributed by atoms with Gasteiger partial charge in [-0.3, -0.25) is 4.90 Å². The van der Waals surface area contributed by atoms with Gasteiger partial charge < -0.3 is 19.1 Å². The predicted molar refractivity (Wildman–Crippen MR) is 136 cm³/mol. The number of carbonyl (C=O) groups excluding carboxylic acids is 1. The maximum atomic E-state index is 12.6. The van der Waals surface area contributed by atoms with E-state index in [4.69, 9.17) is 14.0 Å². The summed E-state index contributed by atoms with van der Waals surface area (Å²) in [5.74, 6) is 1.39. The second-order valence-electron chi connectivity index (χ2n) is 10.3. The van der Waals surface area contributed by atoms with E-state index in [2.05, 4.69) is 41.3 Å². The van der Waals surface area contributed by atoms with Crippen LogP contribution in [0.5, 0.6) is 5.75 Å². The molecule has 0 saturated carbocycles. The SMILES string of the molecule is Cc1ccc(CCCOc2ccc(-c3noc([C@@H]4[C@@H](O)CCN4C(=O)OC(C)(C)C)n3)cc2C)cc1. The van der Waals surface area contributed by atoms with Gasteiger partial charge in [-0.25, -0.2) is 4.79 Å². The highest BCUT2D eigenvalue weighted by Gasteiger charge is 2.42. The third kappa shape index (κ3) is 6.23. The summed E-state index contributed by atoms with van der Waals surface area (Å²) in [5, 5.41) is 14.6. The van der Waals surface area contributed by atoms with Crippen LogP contribution in [0.1, 0.15) is 62.2 Å². The summed E-state index contributed by atoms with van der Waals surface area (Å²) in [7, 11) is 0. The summed E-state index contributed by atoms with van der Waals surface area (Å²) in [6.07, 6.45) is 0.996. The molecule has 4 rings (SSSR count). The van der Waals surface area contributed by atoms with Crippen molar-refractivity contribution >= 4 is 6.09 Å². The minimum absolute atomic E-state index is 0.190. The summed E-state index contributed by atoms with van der Waals surface area (Å²) in [6.45, 7) is 10.5. The number of carbonyl (C=O) groups is 1. The van der Waals surface area contributed by atoms with Crippen molar-refractivity contribution in [3.05, 3.63) is 65.0 Å². The summed E-state index contributed by atoms with van der Waals surface area (Å²) < 4.78 is 17.0. The van der Waals surface area contributed by atoms with E-state index in [1.807, 2.05) is 25.1 Å². The van der Waals surface area contributed by atoms with Crippen LogP contribution in [0.25, 0.3) is 11.4 Å². The molecule has 192 valence electrons. The molecule has 1 aliphatic rings. The molecule has 1 N–H and O–H groups in total. The van der Waals surface area contributed by atoms with E-state index >= 15 is 0 Å². The number of hydrogen-bond acceptors (Lipinski definition) is 7. The molecule has 0 unspecified atom stereocenters. The molecule has 2 atom stereocenters. The lowest BCUT2D eigenvalue weighted by Crippen LogP contribution is -2.38. The maximum Gasteiger partial charge on any atom is 0.411 e. The molecule has 0 spiro atoms. The van der Waals surface area contributed by atoms with Gasteiger partial charge in [0, 0.05) is 12.1 Å². The third-order valence-corrected chi connectivity index (χ3v) is 6.11. The molecule has 0 radical (unpaired) electrons. The van der Waals surface area contributed by atoms with E-state index in [0.29, 0.717) is 25.4 Å². The average Bonchev–Trinajstić information content (AvgIpc) is 3.44. The Balaban J connectivity index is 1.39. The Morgan fingerprint density at radius 2 is 1.92 bits per heavy atom. The first kappa shape index (κ1) is 25.7. The molecule has 1 aromatic heterocycles. The molecule has 36 heavy (non-hydrogen) atoms. The van der Waals surface area contributed by atoms with Crippen molar-refractivity contribution in [1.82, 2.24) is 15.0 Å². The second-order valence-corrected chi connectivity index (χ2v) is 10.3. The van der Waals surface area contributed by atoms with Crippen molar-refractivity contribution in [2.24, 2.45) is 0 Å². The second kappa shape index (κ2) is 10.7. The van der Waals surface area contributed by atoms with Crippen molar-refractivity contribution in [1.29, 1.82) is 0 Å². The summed E-state index contributed by atoms with van der Waals surface area (Å²) >= 11 is 0. The predicted octanol–water partition coefficient (Wildman–Crippen LogP) is 5.41. The van der Waals surface area contributed by atoms with Gasteiger partial charge in [-0.1, -0.05) is 35.0 Å². The van der Waals surface area contributed by atoms with Crippen LogP contribution >= 0.6 is 0 Å². The minimum Gasteiger partial charge on any atom is -0.493 e. The van der Waals surface area contributed by atoms with Crippen LogP contribution in [0.2, 0.25) is 0 Å². The molecule has 2 heterocycles. The Morgan fingerprint density at radius 1 is 1.17 bits per heavy atom. The number of ether oxygens (including phenoxy) is 2. The molecule has 1 saturated heterocycles. The number of aromatic nitrogens is 2. The Hall–Kier alpha value is -3.39. The lowest BCUT2D eigenvalue weighted by atomic mass is 10.1. The normalized spacial score (nSPS) is 17.9. The van der Waals surface area contributed by atoms with Crippen molar-refractivity contribution in [3.8, 4) is 17.1 Å². The Bertz CT molecular complexity index is 1180. The molecule has 1 fully saturated rings. The smallest absolute Gasteiger partial charge is 0.411 e. The first-order valence-corrected chi connectivity index (χ1v) is 12.4. The number of benzene rings is 2. The first-order valence-electron chi connectivity index (χ1n) is 12.4. The van der Waals surface area contributed by atoms with Gasteiger partial charge in [-0.2, -0.15) is 4.98 Å². The highest BCUT2D eigenvalue weighted by atomic mass is 16.6. The van der Waals surface area contributed by atoms with Crippen LogP contribution in [0, 0.1) is 13.8 Å². The quantitative estimate of drug-likeness (QED) is 0.440. The number of aryl methyl sites for hydroxylation is 3. The summed E-state index contributed by atoms with van der Waals surface area (Å²) in [6, 6.07) is 13.6. The third-order valence-electron chi connectivity index (χ3n) is 6.11. The van der Waals surface area contributed by atoms with Gasteiger partial charge >= 0.3 is 6.09 Å². The maximum absolute atomic E-state index is 12.6. The number of hydrogen-bond donors (Lipinski definition) is 1. The topological polar surface area (TPSA) is 97.9 Å². The van der Waals surface area contributed by atoms with E-state index < -0.39 is 23.8 Å². The van der Waals surface area contributed by atoms with Crippen molar-refractivity contribution in [3.63, 3.8) is 0 Å². The van der Waals surface area contributed by atoms with Gasteiger partial charge in [-0.15, -0.1) is 0 Å². The number of rotatable bonds is 7. The molecule has 1 aliphatic heterocycles. The number of aliphatic hydroxyl groups excluding tert-OH is 1. The number of amides is 1. The van der Waals surface area contributed by atoms with E-state index in [1.54, 1.807) is 20.8 Å². The lowest BCUT2D eigenvalue weighted by molar-refractivity contribution is 0.0107. The fourth-order valence-corrected chi connectivity index (χ4v) is 4.24. The minimum atomic E-state index is -0.803. The zero-order valence-electron chi connectivity index (χ0n) is 21.7. The van der Waals surface area contributed by atoms with Crippen LogP contribution in [0.4, 0.5) is 4.79 Å². The zero-order chi connectivity index (χ0) is 25.9. The molecule has 8 heteroatoms. The standard InChI is InChI=1S/C28H35N3O5/c1-18-8-10-20(11-9-18)7-6-16-34-23-13-12-21(17-19(23)2)25-29-26(36-30-25)24-22(32)14-15-31(24)27(33)35-28(3,4)5/h8-13,17,22,24,32H,6-7,14-16H2,1-5H3/t22-,24-/m0/s1. The van der Waals surface area contributed by atoms with E-state index in [1.165, 1.54) is 16.0 Å². The van der Waals surface area contributed by atoms with Crippen LogP contribution in [-0.4, -0.2) is 51.1 Å². The van der Waals surface area contributed by atoms with Gasteiger partial charge in [-0.05, 0) is 83.2 Å². The number of aliphatic hydroxyl groups is 1. The van der Waals surface area contributed by atoms with Crippen LogP contribution in [0.3, 0.4) is 0 Å². The Kier molecular flexibility index (Phi) is 7.64. The average molecular weight is 494 g/mol.